The Hall–Kier alpha value is -1.09. The molecule has 0 amide bonds. The standard InChI is InChI=1S/C15H24N6.HI/c1-12-9-17-15(19-12)18-11-13-3-4-14(16-10-13)21-7-5-20(2)6-8-21;/h3-4,10,12H,5-9,11H2,1-2H3,(H2,17,18,19);1H. The van der Waals surface area contributed by atoms with Crippen LogP contribution in [0.15, 0.2) is 23.3 Å². The van der Waals surface area contributed by atoms with E-state index in [1.807, 2.05) is 6.20 Å². The lowest BCUT2D eigenvalue weighted by Crippen LogP contribution is -2.44. The van der Waals surface area contributed by atoms with E-state index in [1.54, 1.807) is 0 Å². The van der Waals surface area contributed by atoms with E-state index in [0.717, 1.165) is 51.0 Å². The van der Waals surface area contributed by atoms with Gasteiger partial charge in [0.15, 0.2) is 5.96 Å². The molecule has 122 valence electrons. The largest absolute Gasteiger partial charge is 0.354 e. The monoisotopic (exact) mass is 416 g/mol. The number of rotatable bonds is 3. The molecule has 0 aromatic carbocycles. The van der Waals surface area contributed by atoms with Gasteiger partial charge in [0.05, 0.1) is 6.54 Å². The van der Waals surface area contributed by atoms with E-state index in [-0.39, 0.29) is 24.0 Å². The van der Waals surface area contributed by atoms with E-state index in [2.05, 4.69) is 56.5 Å². The molecule has 1 fully saturated rings. The van der Waals surface area contributed by atoms with Crippen molar-refractivity contribution in [2.45, 2.75) is 19.5 Å². The highest BCUT2D eigenvalue weighted by Crippen LogP contribution is 2.13. The lowest BCUT2D eigenvalue weighted by atomic mass is 10.2. The molecule has 2 aliphatic rings. The molecule has 3 rings (SSSR count). The van der Waals surface area contributed by atoms with Crippen LogP contribution in [0.3, 0.4) is 0 Å². The third-order valence-corrected chi connectivity index (χ3v) is 4.00. The minimum atomic E-state index is 0. The van der Waals surface area contributed by atoms with Crippen molar-refractivity contribution in [3.8, 4) is 0 Å². The zero-order valence-electron chi connectivity index (χ0n) is 13.2. The Balaban J connectivity index is 0.00000176. The number of nitrogens with one attached hydrogen (secondary N) is 2. The molecule has 0 spiro atoms. The van der Waals surface area contributed by atoms with E-state index < -0.39 is 0 Å². The summed E-state index contributed by atoms with van der Waals surface area (Å²) in [5.41, 5.74) is 1.18. The number of hydrogen-bond acceptors (Lipinski definition) is 6. The summed E-state index contributed by atoms with van der Waals surface area (Å²) in [5.74, 6) is 1.97. The van der Waals surface area contributed by atoms with Crippen molar-refractivity contribution >= 4 is 35.8 Å². The van der Waals surface area contributed by atoms with Gasteiger partial charge in [0.25, 0.3) is 0 Å². The molecule has 1 saturated heterocycles. The Morgan fingerprint density at radius 3 is 2.64 bits per heavy atom. The van der Waals surface area contributed by atoms with Crippen LogP contribution in [0.4, 0.5) is 5.82 Å². The summed E-state index contributed by atoms with van der Waals surface area (Å²) in [5, 5.41) is 6.61. The van der Waals surface area contributed by atoms with Crippen LogP contribution in [0.25, 0.3) is 0 Å². The zero-order valence-corrected chi connectivity index (χ0v) is 15.6. The normalized spacial score (nSPS) is 21.8. The number of nitrogens with zero attached hydrogens (tertiary/aromatic N) is 4. The van der Waals surface area contributed by atoms with Crippen LogP contribution >= 0.6 is 24.0 Å². The van der Waals surface area contributed by atoms with E-state index in [4.69, 9.17) is 0 Å². The number of likely N-dealkylation sites (N-methyl/N-ethyl adjacent to an activating group) is 1. The average molecular weight is 416 g/mol. The molecule has 2 N–H and O–H groups in total. The van der Waals surface area contributed by atoms with Crippen molar-refractivity contribution in [3.63, 3.8) is 0 Å². The fourth-order valence-corrected chi connectivity index (χ4v) is 2.59. The number of guanidine groups is 1. The topological polar surface area (TPSA) is 55.8 Å². The predicted octanol–water partition coefficient (Wildman–Crippen LogP) is 0.889. The van der Waals surface area contributed by atoms with E-state index in [1.165, 1.54) is 5.56 Å². The molecule has 1 aromatic rings. The average Bonchev–Trinajstić information content (AvgIpc) is 2.92. The molecular weight excluding hydrogens is 391 g/mol. The Labute approximate surface area is 149 Å². The highest BCUT2D eigenvalue weighted by atomic mass is 127. The maximum absolute atomic E-state index is 4.59. The van der Waals surface area contributed by atoms with Crippen LogP contribution in [-0.4, -0.2) is 61.7 Å². The first-order chi connectivity index (χ1) is 10.2. The Morgan fingerprint density at radius 2 is 2.05 bits per heavy atom. The molecule has 1 unspecified atom stereocenters. The van der Waals surface area contributed by atoms with Crippen LogP contribution in [0.2, 0.25) is 0 Å². The van der Waals surface area contributed by atoms with Gasteiger partial charge in [-0.1, -0.05) is 6.07 Å². The van der Waals surface area contributed by atoms with Crippen molar-refractivity contribution < 1.29 is 0 Å². The summed E-state index contributed by atoms with van der Waals surface area (Å²) in [4.78, 5) is 13.7. The zero-order chi connectivity index (χ0) is 14.7. The van der Waals surface area contributed by atoms with Crippen molar-refractivity contribution in [2.75, 3.05) is 44.7 Å². The second-order valence-corrected chi connectivity index (χ2v) is 5.90. The molecule has 3 heterocycles. The van der Waals surface area contributed by atoms with E-state index in [0.29, 0.717) is 6.04 Å². The van der Waals surface area contributed by atoms with Gasteiger partial charge in [-0.15, -0.1) is 24.0 Å². The number of anilines is 1. The van der Waals surface area contributed by atoms with Crippen molar-refractivity contribution in [1.82, 2.24) is 20.5 Å². The molecule has 0 aliphatic carbocycles. The summed E-state index contributed by atoms with van der Waals surface area (Å²) < 4.78 is 0. The minimum Gasteiger partial charge on any atom is -0.354 e. The first-order valence-electron chi connectivity index (χ1n) is 7.64. The molecule has 22 heavy (non-hydrogen) atoms. The first kappa shape index (κ1) is 17.3. The molecule has 0 bridgehead atoms. The van der Waals surface area contributed by atoms with Gasteiger partial charge in [-0.3, -0.25) is 4.99 Å². The quantitative estimate of drug-likeness (QED) is 0.717. The highest BCUT2D eigenvalue weighted by Gasteiger charge is 2.15. The molecule has 0 radical (unpaired) electrons. The molecular formula is C15H25IN6. The van der Waals surface area contributed by atoms with Gasteiger partial charge in [-0.25, -0.2) is 4.98 Å². The number of aromatic nitrogens is 1. The van der Waals surface area contributed by atoms with Gasteiger partial charge in [-0.2, -0.15) is 0 Å². The minimum absolute atomic E-state index is 0. The summed E-state index contributed by atoms with van der Waals surface area (Å²) in [6.07, 6.45) is 1.96. The highest BCUT2D eigenvalue weighted by molar-refractivity contribution is 14.0. The summed E-state index contributed by atoms with van der Waals surface area (Å²) >= 11 is 0. The maximum atomic E-state index is 4.59. The maximum Gasteiger partial charge on any atom is 0.191 e. The van der Waals surface area contributed by atoms with Gasteiger partial charge < -0.3 is 20.4 Å². The van der Waals surface area contributed by atoms with Gasteiger partial charge in [0.1, 0.15) is 5.82 Å². The lowest BCUT2D eigenvalue weighted by molar-refractivity contribution is 0.312. The summed E-state index contributed by atoms with van der Waals surface area (Å²) in [6, 6.07) is 4.70. The van der Waals surface area contributed by atoms with Crippen molar-refractivity contribution in [1.29, 1.82) is 0 Å². The van der Waals surface area contributed by atoms with Gasteiger partial charge in [0, 0.05) is 45.0 Å². The van der Waals surface area contributed by atoms with Crippen molar-refractivity contribution in [2.24, 2.45) is 4.99 Å². The number of aliphatic imine (C=N–C) groups is 1. The number of piperazine rings is 1. The Kier molecular flexibility index (Phi) is 6.25. The van der Waals surface area contributed by atoms with Crippen molar-refractivity contribution in [3.05, 3.63) is 23.9 Å². The smallest absolute Gasteiger partial charge is 0.191 e. The molecule has 7 heteroatoms. The second kappa shape index (κ2) is 7.96. The third-order valence-electron chi connectivity index (χ3n) is 4.00. The van der Waals surface area contributed by atoms with Gasteiger partial charge >= 0.3 is 0 Å². The lowest BCUT2D eigenvalue weighted by Gasteiger charge is -2.33. The third kappa shape index (κ3) is 4.45. The van der Waals surface area contributed by atoms with Crippen LogP contribution in [-0.2, 0) is 6.54 Å². The summed E-state index contributed by atoms with van der Waals surface area (Å²) in [6.45, 7) is 8.06. The number of pyridine rings is 1. The molecule has 6 nitrogen and oxygen atoms in total. The van der Waals surface area contributed by atoms with E-state index in [9.17, 15) is 0 Å². The Bertz CT molecular complexity index is 495. The van der Waals surface area contributed by atoms with Crippen LogP contribution < -0.4 is 15.5 Å². The molecule has 2 aliphatic heterocycles. The Morgan fingerprint density at radius 1 is 1.27 bits per heavy atom. The SMILES string of the molecule is CC1CN=C(NCc2ccc(N3CCN(C)CC3)nc2)N1.I. The van der Waals surface area contributed by atoms with Gasteiger partial charge in [0.2, 0.25) is 0 Å². The molecule has 1 atom stereocenters. The van der Waals surface area contributed by atoms with Gasteiger partial charge in [-0.05, 0) is 25.6 Å². The first-order valence-corrected chi connectivity index (χ1v) is 7.64. The van der Waals surface area contributed by atoms with Crippen LogP contribution in [0.5, 0.6) is 0 Å². The summed E-state index contributed by atoms with van der Waals surface area (Å²) in [7, 11) is 2.17. The fraction of sp³-hybridized carbons (Fsp3) is 0.600. The predicted molar refractivity (Wildman–Crippen MR) is 101 cm³/mol. The molecule has 1 aromatic heterocycles. The molecule has 0 saturated carbocycles. The van der Waals surface area contributed by atoms with E-state index >= 15 is 0 Å². The second-order valence-electron chi connectivity index (χ2n) is 5.90. The number of halogens is 1. The van der Waals surface area contributed by atoms with Crippen LogP contribution in [0.1, 0.15) is 12.5 Å². The fourth-order valence-electron chi connectivity index (χ4n) is 2.59. The van der Waals surface area contributed by atoms with Crippen LogP contribution in [0, 0.1) is 0 Å². The number of hydrogen-bond donors (Lipinski definition) is 2.